The summed E-state index contributed by atoms with van der Waals surface area (Å²) in [5.74, 6) is -0.0689. The first-order chi connectivity index (χ1) is 8.11. The molecule has 2 rings (SSSR count). The van der Waals surface area contributed by atoms with Crippen molar-refractivity contribution in [1.82, 2.24) is 5.32 Å². The Hall–Kier alpha value is -1.35. The van der Waals surface area contributed by atoms with E-state index in [1.165, 1.54) is 12.8 Å². The normalized spacial score (nSPS) is 19.9. The predicted molar refractivity (Wildman–Crippen MR) is 68.4 cm³/mol. The van der Waals surface area contributed by atoms with Crippen LogP contribution in [0.3, 0.4) is 0 Å². The first-order valence-corrected chi connectivity index (χ1v) is 6.23. The summed E-state index contributed by atoms with van der Waals surface area (Å²) in [6.45, 7) is 2.11. The van der Waals surface area contributed by atoms with E-state index in [1.54, 1.807) is 0 Å². The third-order valence-electron chi connectivity index (χ3n) is 3.57. The number of hydrogen-bond acceptors (Lipinski definition) is 2. The quantitative estimate of drug-likeness (QED) is 0.839. The Labute approximate surface area is 102 Å². The second-order valence-corrected chi connectivity index (χ2v) is 5.15. The van der Waals surface area contributed by atoms with Crippen LogP contribution in [0.2, 0.25) is 0 Å². The van der Waals surface area contributed by atoms with Gasteiger partial charge in [-0.15, -0.1) is 0 Å². The van der Waals surface area contributed by atoms with Crippen molar-refractivity contribution in [1.29, 1.82) is 0 Å². The molecule has 0 radical (unpaired) electrons. The van der Waals surface area contributed by atoms with Gasteiger partial charge < -0.3 is 11.1 Å². The summed E-state index contributed by atoms with van der Waals surface area (Å²) in [6, 6.07) is 8.95. The lowest BCUT2D eigenvalue weighted by molar-refractivity contribution is -0.124. The van der Waals surface area contributed by atoms with Crippen LogP contribution in [0.1, 0.15) is 44.2 Å². The molecule has 1 aliphatic rings. The van der Waals surface area contributed by atoms with E-state index in [2.05, 4.69) is 12.2 Å². The molecule has 0 spiro atoms. The standard InChI is InChI=1S/C14H20N2O/c1-14(9-5-6-10-14)16-13(17)12(15)11-7-3-2-4-8-11/h2-4,7-8,12H,5-6,9-10,15H2,1H3,(H,16,17). The molecule has 1 atom stereocenters. The average Bonchev–Trinajstić information content (AvgIpc) is 2.76. The smallest absolute Gasteiger partial charge is 0.241 e. The fourth-order valence-electron chi connectivity index (χ4n) is 2.47. The average molecular weight is 232 g/mol. The number of benzene rings is 1. The zero-order chi connectivity index (χ0) is 12.3. The van der Waals surface area contributed by atoms with E-state index in [1.807, 2.05) is 30.3 Å². The van der Waals surface area contributed by atoms with Crippen LogP contribution in [0, 0.1) is 0 Å². The summed E-state index contributed by atoms with van der Waals surface area (Å²) < 4.78 is 0. The zero-order valence-electron chi connectivity index (χ0n) is 10.3. The van der Waals surface area contributed by atoms with Crippen molar-refractivity contribution in [2.45, 2.75) is 44.2 Å². The van der Waals surface area contributed by atoms with Gasteiger partial charge in [-0.2, -0.15) is 0 Å². The van der Waals surface area contributed by atoms with Gasteiger partial charge in [0.1, 0.15) is 6.04 Å². The van der Waals surface area contributed by atoms with Crippen molar-refractivity contribution in [2.75, 3.05) is 0 Å². The van der Waals surface area contributed by atoms with Gasteiger partial charge in [-0.1, -0.05) is 43.2 Å². The first-order valence-electron chi connectivity index (χ1n) is 6.23. The van der Waals surface area contributed by atoms with Crippen molar-refractivity contribution in [2.24, 2.45) is 5.73 Å². The highest BCUT2D eigenvalue weighted by Gasteiger charge is 2.31. The number of hydrogen-bond donors (Lipinski definition) is 2. The minimum absolute atomic E-state index is 0.0521. The number of nitrogens with one attached hydrogen (secondary N) is 1. The summed E-state index contributed by atoms with van der Waals surface area (Å²) in [4.78, 5) is 12.1. The Kier molecular flexibility index (Phi) is 3.48. The Morgan fingerprint density at radius 2 is 1.88 bits per heavy atom. The van der Waals surface area contributed by atoms with Crippen molar-refractivity contribution in [3.8, 4) is 0 Å². The van der Waals surface area contributed by atoms with E-state index in [9.17, 15) is 4.79 Å². The molecule has 1 aromatic rings. The number of nitrogens with two attached hydrogens (primary N) is 1. The third-order valence-corrected chi connectivity index (χ3v) is 3.57. The fraction of sp³-hybridized carbons (Fsp3) is 0.500. The van der Waals surface area contributed by atoms with E-state index in [-0.39, 0.29) is 11.4 Å². The second-order valence-electron chi connectivity index (χ2n) is 5.15. The van der Waals surface area contributed by atoms with Gasteiger partial charge in [-0.3, -0.25) is 4.79 Å². The maximum Gasteiger partial charge on any atom is 0.241 e. The SMILES string of the molecule is CC1(NC(=O)C(N)c2ccccc2)CCCC1. The van der Waals surface area contributed by atoms with Gasteiger partial charge in [0.15, 0.2) is 0 Å². The molecule has 3 nitrogen and oxygen atoms in total. The number of rotatable bonds is 3. The lowest BCUT2D eigenvalue weighted by Gasteiger charge is -2.27. The van der Waals surface area contributed by atoms with Gasteiger partial charge in [0.25, 0.3) is 0 Å². The van der Waals surface area contributed by atoms with Crippen LogP contribution in [-0.4, -0.2) is 11.4 Å². The van der Waals surface area contributed by atoms with E-state index in [0.29, 0.717) is 0 Å². The van der Waals surface area contributed by atoms with Gasteiger partial charge >= 0.3 is 0 Å². The van der Waals surface area contributed by atoms with Crippen molar-refractivity contribution >= 4 is 5.91 Å². The van der Waals surface area contributed by atoms with Gasteiger partial charge in [0.2, 0.25) is 5.91 Å². The van der Waals surface area contributed by atoms with E-state index in [4.69, 9.17) is 5.73 Å². The highest BCUT2D eigenvalue weighted by atomic mass is 16.2. The van der Waals surface area contributed by atoms with E-state index in [0.717, 1.165) is 18.4 Å². The molecular formula is C14H20N2O. The molecule has 3 heteroatoms. The fourth-order valence-corrected chi connectivity index (χ4v) is 2.47. The van der Waals surface area contributed by atoms with Crippen LogP contribution in [-0.2, 0) is 4.79 Å². The minimum Gasteiger partial charge on any atom is -0.349 e. The van der Waals surface area contributed by atoms with Crippen LogP contribution < -0.4 is 11.1 Å². The molecule has 1 aliphatic carbocycles. The molecule has 17 heavy (non-hydrogen) atoms. The van der Waals surface area contributed by atoms with Gasteiger partial charge in [0, 0.05) is 5.54 Å². The summed E-state index contributed by atoms with van der Waals surface area (Å²) in [5, 5.41) is 3.09. The summed E-state index contributed by atoms with van der Waals surface area (Å²) >= 11 is 0. The summed E-state index contributed by atoms with van der Waals surface area (Å²) in [5.41, 5.74) is 6.78. The molecule has 3 N–H and O–H groups in total. The number of carbonyl (C=O) groups is 1. The molecule has 0 heterocycles. The van der Waals surface area contributed by atoms with Crippen molar-refractivity contribution in [3.63, 3.8) is 0 Å². The van der Waals surface area contributed by atoms with Gasteiger partial charge in [-0.05, 0) is 25.3 Å². The maximum atomic E-state index is 12.1. The molecule has 1 saturated carbocycles. The molecule has 0 aliphatic heterocycles. The minimum atomic E-state index is -0.561. The number of amides is 1. The largest absolute Gasteiger partial charge is 0.349 e. The predicted octanol–water partition coefficient (Wildman–Crippen LogP) is 2.14. The van der Waals surface area contributed by atoms with Crippen LogP contribution in [0.15, 0.2) is 30.3 Å². The highest BCUT2D eigenvalue weighted by Crippen LogP contribution is 2.29. The molecule has 1 fully saturated rings. The Morgan fingerprint density at radius 1 is 1.29 bits per heavy atom. The number of carbonyl (C=O) groups excluding carboxylic acids is 1. The molecule has 0 saturated heterocycles. The molecule has 0 aromatic heterocycles. The second kappa shape index (κ2) is 4.88. The molecule has 0 bridgehead atoms. The van der Waals surface area contributed by atoms with Crippen LogP contribution in [0.4, 0.5) is 0 Å². The van der Waals surface area contributed by atoms with Crippen LogP contribution in [0.5, 0.6) is 0 Å². The molecule has 92 valence electrons. The van der Waals surface area contributed by atoms with Crippen molar-refractivity contribution < 1.29 is 4.79 Å². The van der Waals surface area contributed by atoms with Crippen molar-refractivity contribution in [3.05, 3.63) is 35.9 Å². The van der Waals surface area contributed by atoms with Crippen LogP contribution in [0.25, 0.3) is 0 Å². The Balaban J connectivity index is 2.01. The summed E-state index contributed by atoms with van der Waals surface area (Å²) in [7, 11) is 0. The van der Waals surface area contributed by atoms with Gasteiger partial charge in [0.05, 0.1) is 0 Å². The summed E-state index contributed by atoms with van der Waals surface area (Å²) in [6.07, 6.45) is 4.50. The topological polar surface area (TPSA) is 55.1 Å². The molecule has 1 amide bonds. The Morgan fingerprint density at radius 3 is 2.47 bits per heavy atom. The van der Waals surface area contributed by atoms with Gasteiger partial charge in [-0.25, -0.2) is 0 Å². The van der Waals surface area contributed by atoms with Crippen LogP contribution >= 0.6 is 0 Å². The molecule has 1 unspecified atom stereocenters. The third kappa shape index (κ3) is 2.86. The highest BCUT2D eigenvalue weighted by molar-refractivity contribution is 5.83. The molecular weight excluding hydrogens is 212 g/mol. The lowest BCUT2D eigenvalue weighted by Crippen LogP contribution is -2.47. The first kappa shape index (κ1) is 12.1. The maximum absolute atomic E-state index is 12.1. The van der Waals surface area contributed by atoms with E-state index < -0.39 is 6.04 Å². The monoisotopic (exact) mass is 232 g/mol. The lowest BCUT2D eigenvalue weighted by atomic mass is 9.99. The zero-order valence-corrected chi connectivity index (χ0v) is 10.3. The molecule has 1 aromatic carbocycles. The Bertz CT molecular complexity index is 382. The van der Waals surface area contributed by atoms with E-state index >= 15 is 0 Å².